The molecule has 0 atom stereocenters. The minimum Gasteiger partial charge on any atom is -0.353 e. The number of hydrogen-bond donors (Lipinski definition) is 0. The maximum atomic E-state index is 14.7. The fourth-order valence-corrected chi connectivity index (χ4v) is 3.91. The molecule has 136 valence electrons. The summed E-state index contributed by atoms with van der Waals surface area (Å²) in [6.07, 6.45) is 1.89. The first kappa shape index (κ1) is 19.1. The van der Waals surface area contributed by atoms with Crippen LogP contribution in [0.3, 0.4) is 0 Å². The second kappa shape index (κ2) is 7.18. The molecule has 1 aliphatic heterocycles. The van der Waals surface area contributed by atoms with Crippen molar-refractivity contribution in [1.82, 2.24) is 14.9 Å². The molecule has 0 N–H and O–H groups in total. The van der Waals surface area contributed by atoms with Gasteiger partial charge < -0.3 is 4.90 Å². The molecule has 1 aliphatic rings. The molecular weight excluding hydrogens is 427 g/mol. The van der Waals surface area contributed by atoms with E-state index in [2.05, 4.69) is 56.5 Å². The molecule has 1 saturated heterocycles. The molecule has 3 rings (SSSR count). The Morgan fingerprint density at radius 3 is 2.40 bits per heavy atom. The van der Waals surface area contributed by atoms with Crippen molar-refractivity contribution < 1.29 is 4.39 Å². The molecule has 0 bridgehead atoms. The zero-order chi connectivity index (χ0) is 18.4. The molecule has 4 nitrogen and oxygen atoms in total. The standard InChI is InChI=1S/C17H21BrClFN4S/c1-17(2,3)24-7-5-23(6-8-24)15-10-9-11(19)12(18)13(20)14(10)21-16(22-15)25-4/h9H,5-8H2,1-4H3. The summed E-state index contributed by atoms with van der Waals surface area (Å²) in [5.74, 6) is 0.325. The molecule has 0 radical (unpaired) electrons. The third kappa shape index (κ3) is 3.75. The molecule has 0 aliphatic carbocycles. The van der Waals surface area contributed by atoms with Crippen molar-refractivity contribution in [2.45, 2.75) is 31.5 Å². The molecule has 8 heteroatoms. The second-order valence-electron chi connectivity index (χ2n) is 7.06. The smallest absolute Gasteiger partial charge is 0.189 e. The van der Waals surface area contributed by atoms with Crippen LogP contribution in [0.4, 0.5) is 10.2 Å². The van der Waals surface area contributed by atoms with Gasteiger partial charge in [0, 0.05) is 37.1 Å². The Hall–Kier alpha value is -0.630. The van der Waals surface area contributed by atoms with Gasteiger partial charge in [0.2, 0.25) is 0 Å². The summed E-state index contributed by atoms with van der Waals surface area (Å²) < 4.78 is 14.9. The second-order valence-corrected chi connectivity index (χ2v) is 9.03. The Labute approximate surface area is 165 Å². The van der Waals surface area contributed by atoms with E-state index in [1.54, 1.807) is 6.07 Å². The Balaban J connectivity index is 2.04. The third-order valence-electron chi connectivity index (χ3n) is 4.50. The molecule has 0 amide bonds. The molecule has 0 saturated carbocycles. The molecule has 1 aromatic heterocycles. The van der Waals surface area contributed by atoms with E-state index in [0.29, 0.717) is 21.1 Å². The SMILES string of the molecule is CSc1nc(N2CCN(C(C)(C)C)CC2)c2cc(Cl)c(Br)c(F)c2n1. The number of halogens is 3. The number of thioether (sulfide) groups is 1. The highest BCUT2D eigenvalue weighted by atomic mass is 79.9. The molecule has 2 aromatic rings. The third-order valence-corrected chi connectivity index (χ3v) is 6.35. The Kier molecular flexibility index (Phi) is 5.49. The van der Waals surface area contributed by atoms with Crippen LogP contribution in [0.5, 0.6) is 0 Å². The van der Waals surface area contributed by atoms with Gasteiger partial charge in [-0.2, -0.15) is 0 Å². The number of piperazine rings is 1. The van der Waals surface area contributed by atoms with Gasteiger partial charge in [0.1, 0.15) is 11.3 Å². The van der Waals surface area contributed by atoms with E-state index in [1.807, 2.05) is 6.26 Å². The lowest BCUT2D eigenvalue weighted by molar-refractivity contribution is 0.128. The van der Waals surface area contributed by atoms with Gasteiger partial charge in [0.15, 0.2) is 11.0 Å². The van der Waals surface area contributed by atoms with E-state index in [-0.39, 0.29) is 10.0 Å². The fraction of sp³-hybridized carbons (Fsp3) is 0.529. The van der Waals surface area contributed by atoms with Crippen molar-refractivity contribution in [2.75, 3.05) is 37.3 Å². The normalized spacial score (nSPS) is 16.7. The fourth-order valence-electron chi connectivity index (χ4n) is 3.06. The molecule has 1 fully saturated rings. The zero-order valence-electron chi connectivity index (χ0n) is 14.7. The molecule has 25 heavy (non-hydrogen) atoms. The Morgan fingerprint density at radius 1 is 1.20 bits per heavy atom. The van der Waals surface area contributed by atoms with Crippen molar-refractivity contribution in [3.8, 4) is 0 Å². The lowest BCUT2D eigenvalue weighted by Crippen LogP contribution is -2.53. The number of hydrogen-bond acceptors (Lipinski definition) is 5. The van der Waals surface area contributed by atoms with E-state index < -0.39 is 5.82 Å². The van der Waals surface area contributed by atoms with E-state index in [9.17, 15) is 4.39 Å². The predicted octanol–water partition coefficient (Wildman–Crippen LogP) is 4.83. The lowest BCUT2D eigenvalue weighted by Gasteiger charge is -2.42. The summed E-state index contributed by atoms with van der Waals surface area (Å²) in [6, 6.07) is 1.75. The van der Waals surface area contributed by atoms with Crippen molar-refractivity contribution in [3.63, 3.8) is 0 Å². The number of anilines is 1. The maximum Gasteiger partial charge on any atom is 0.189 e. The zero-order valence-corrected chi connectivity index (χ0v) is 17.9. The average molecular weight is 448 g/mol. The van der Waals surface area contributed by atoms with Crippen molar-refractivity contribution >= 4 is 56.0 Å². The maximum absolute atomic E-state index is 14.7. The molecular formula is C17H21BrClFN4S. The van der Waals surface area contributed by atoms with Gasteiger partial charge in [-0.25, -0.2) is 14.4 Å². The summed E-state index contributed by atoms with van der Waals surface area (Å²) in [5.41, 5.74) is 0.453. The highest BCUT2D eigenvalue weighted by molar-refractivity contribution is 9.10. The quantitative estimate of drug-likeness (QED) is 0.374. The van der Waals surface area contributed by atoms with Gasteiger partial charge in [-0.3, -0.25) is 4.90 Å². The first-order chi connectivity index (χ1) is 11.7. The van der Waals surface area contributed by atoms with Crippen LogP contribution in [0.15, 0.2) is 15.7 Å². The van der Waals surface area contributed by atoms with Gasteiger partial charge in [-0.15, -0.1) is 0 Å². The summed E-state index contributed by atoms with van der Waals surface area (Å²) in [6.45, 7) is 10.2. The van der Waals surface area contributed by atoms with Crippen molar-refractivity contribution in [1.29, 1.82) is 0 Å². The number of nitrogens with zero attached hydrogens (tertiary/aromatic N) is 4. The van der Waals surface area contributed by atoms with Crippen LogP contribution in [0.2, 0.25) is 5.02 Å². The Morgan fingerprint density at radius 2 is 1.84 bits per heavy atom. The van der Waals surface area contributed by atoms with Crippen LogP contribution < -0.4 is 4.90 Å². The van der Waals surface area contributed by atoms with Gasteiger partial charge >= 0.3 is 0 Å². The number of fused-ring (bicyclic) bond motifs is 1. The van der Waals surface area contributed by atoms with E-state index in [1.165, 1.54) is 11.8 Å². The van der Waals surface area contributed by atoms with E-state index >= 15 is 0 Å². The molecule has 2 heterocycles. The summed E-state index contributed by atoms with van der Waals surface area (Å²) in [7, 11) is 0. The van der Waals surface area contributed by atoms with E-state index in [4.69, 9.17) is 11.6 Å². The van der Waals surface area contributed by atoms with Crippen LogP contribution in [-0.4, -0.2) is 52.8 Å². The first-order valence-electron chi connectivity index (χ1n) is 8.11. The lowest BCUT2D eigenvalue weighted by atomic mass is 10.0. The van der Waals surface area contributed by atoms with E-state index in [0.717, 1.165) is 32.0 Å². The van der Waals surface area contributed by atoms with Gasteiger partial charge in [-0.05, 0) is 49.0 Å². The van der Waals surface area contributed by atoms with Crippen LogP contribution in [0, 0.1) is 5.82 Å². The molecule has 0 unspecified atom stereocenters. The minimum atomic E-state index is -0.435. The van der Waals surface area contributed by atoms with Crippen LogP contribution in [-0.2, 0) is 0 Å². The minimum absolute atomic E-state index is 0.143. The molecule has 1 aromatic carbocycles. The average Bonchev–Trinajstić information content (AvgIpc) is 2.58. The van der Waals surface area contributed by atoms with Gasteiger partial charge in [-0.1, -0.05) is 23.4 Å². The van der Waals surface area contributed by atoms with Gasteiger partial charge in [0.05, 0.1) is 9.50 Å². The number of benzene rings is 1. The summed E-state index contributed by atoms with van der Waals surface area (Å²) in [5, 5.41) is 1.56. The summed E-state index contributed by atoms with van der Waals surface area (Å²) in [4.78, 5) is 13.7. The highest BCUT2D eigenvalue weighted by Crippen LogP contribution is 2.36. The molecule has 0 spiro atoms. The summed E-state index contributed by atoms with van der Waals surface area (Å²) >= 11 is 10.8. The van der Waals surface area contributed by atoms with Crippen LogP contribution in [0.25, 0.3) is 10.9 Å². The Bertz CT molecular complexity index is 804. The number of aromatic nitrogens is 2. The van der Waals surface area contributed by atoms with Gasteiger partial charge in [0.25, 0.3) is 0 Å². The van der Waals surface area contributed by atoms with Crippen LogP contribution in [0.1, 0.15) is 20.8 Å². The van der Waals surface area contributed by atoms with Crippen LogP contribution >= 0.6 is 39.3 Å². The monoisotopic (exact) mass is 446 g/mol. The van der Waals surface area contributed by atoms with Crippen molar-refractivity contribution in [3.05, 3.63) is 21.4 Å². The highest BCUT2D eigenvalue weighted by Gasteiger charge is 2.28. The topological polar surface area (TPSA) is 32.3 Å². The number of rotatable bonds is 2. The van der Waals surface area contributed by atoms with Crippen molar-refractivity contribution in [2.24, 2.45) is 0 Å². The largest absolute Gasteiger partial charge is 0.353 e. The first-order valence-corrected chi connectivity index (χ1v) is 10.5. The predicted molar refractivity (Wildman–Crippen MR) is 108 cm³/mol.